The van der Waals surface area contributed by atoms with Crippen LogP contribution < -0.4 is 0 Å². The van der Waals surface area contributed by atoms with E-state index in [9.17, 15) is 0 Å². The lowest BCUT2D eigenvalue weighted by atomic mass is 9.97. The summed E-state index contributed by atoms with van der Waals surface area (Å²) in [5.41, 5.74) is 0.0398. The molecule has 2 heterocycles. The Hall–Kier alpha value is 0.750. The molecule has 0 radical (unpaired) electrons. The molecule has 2 atom stereocenters. The van der Waals surface area contributed by atoms with Gasteiger partial charge in [-0.1, -0.05) is 34.8 Å². The van der Waals surface area contributed by atoms with E-state index in [1.165, 1.54) is 0 Å². The molecular formula is C10H17Cl3N2O. The van der Waals surface area contributed by atoms with Crippen molar-refractivity contribution in [2.24, 2.45) is 0 Å². The van der Waals surface area contributed by atoms with E-state index in [1.54, 1.807) is 0 Å². The fourth-order valence-electron chi connectivity index (χ4n) is 2.88. The zero-order valence-corrected chi connectivity index (χ0v) is 11.8. The molecular weight excluding hydrogens is 270 g/mol. The van der Waals surface area contributed by atoms with Crippen LogP contribution in [0.3, 0.4) is 0 Å². The van der Waals surface area contributed by atoms with Crippen molar-refractivity contribution in [3.63, 3.8) is 0 Å². The van der Waals surface area contributed by atoms with E-state index in [0.717, 1.165) is 25.9 Å². The minimum Gasteiger partial charge on any atom is -0.357 e. The van der Waals surface area contributed by atoms with E-state index in [2.05, 4.69) is 23.9 Å². The SMILES string of the molecule is CN(C)C[C@@]12CCCN1[C@@H](C(Cl)(Cl)Cl)OC2. The van der Waals surface area contributed by atoms with Crippen molar-refractivity contribution in [3.8, 4) is 0 Å². The smallest absolute Gasteiger partial charge is 0.229 e. The number of ether oxygens (including phenoxy) is 1. The quantitative estimate of drug-likeness (QED) is 0.724. The molecule has 0 amide bonds. The lowest BCUT2D eigenvalue weighted by Crippen LogP contribution is -2.52. The summed E-state index contributed by atoms with van der Waals surface area (Å²) in [4.78, 5) is 4.39. The zero-order chi connectivity index (χ0) is 12.0. The van der Waals surface area contributed by atoms with Gasteiger partial charge in [-0.15, -0.1) is 0 Å². The van der Waals surface area contributed by atoms with Gasteiger partial charge in [-0.3, -0.25) is 4.90 Å². The summed E-state index contributed by atoms with van der Waals surface area (Å²) >= 11 is 17.9. The Morgan fingerprint density at radius 2 is 2.12 bits per heavy atom. The Morgan fingerprint density at radius 3 is 2.69 bits per heavy atom. The van der Waals surface area contributed by atoms with Gasteiger partial charge in [0.2, 0.25) is 3.79 Å². The maximum atomic E-state index is 5.96. The van der Waals surface area contributed by atoms with Crippen molar-refractivity contribution in [1.29, 1.82) is 0 Å². The molecule has 0 aromatic heterocycles. The number of likely N-dealkylation sites (N-methyl/N-ethyl adjacent to an activating group) is 1. The first-order chi connectivity index (χ1) is 7.35. The molecule has 94 valence electrons. The van der Waals surface area contributed by atoms with Gasteiger partial charge in [-0.05, 0) is 26.9 Å². The first-order valence-electron chi connectivity index (χ1n) is 5.45. The summed E-state index contributed by atoms with van der Waals surface area (Å²) in [5.74, 6) is 0. The van der Waals surface area contributed by atoms with Crippen molar-refractivity contribution in [2.45, 2.75) is 28.4 Å². The second-order valence-corrected chi connectivity index (χ2v) is 7.33. The monoisotopic (exact) mass is 286 g/mol. The van der Waals surface area contributed by atoms with Gasteiger partial charge in [0, 0.05) is 13.1 Å². The summed E-state index contributed by atoms with van der Waals surface area (Å²) in [5, 5.41) is 0. The highest BCUT2D eigenvalue weighted by Crippen LogP contribution is 2.45. The maximum absolute atomic E-state index is 5.96. The van der Waals surface area contributed by atoms with Crippen LogP contribution >= 0.6 is 34.8 Å². The molecule has 0 N–H and O–H groups in total. The van der Waals surface area contributed by atoms with E-state index in [-0.39, 0.29) is 5.54 Å². The molecule has 0 saturated carbocycles. The Labute approximate surface area is 112 Å². The van der Waals surface area contributed by atoms with E-state index in [4.69, 9.17) is 39.5 Å². The first-order valence-corrected chi connectivity index (χ1v) is 6.58. The fourth-order valence-corrected chi connectivity index (χ4v) is 3.42. The van der Waals surface area contributed by atoms with E-state index in [0.29, 0.717) is 6.61 Å². The molecule has 6 heteroatoms. The van der Waals surface area contributed by atoms with Gasteiger partial charge in [0.25, 0.3) is 0 Å². The summed E-state index contributed by atoms with van der Waals surface area (Å²) < 4.78 is 4.33. The minimum atomic E-state index is -1.36. The third-order valence-corrected chi connectivity index (χ3v) is 3.89. The van der Waals surface area contributed by atoms with Gasteiger partial charge < -0.3 is 9.64 Å². The Bertz CT molecular complexity index is 269. The van der Waals surface area contributed by atoms with Crippen LogP contribution in [0.2, 0.25) is 0 Å². The molecule has 0 aromatic rings. The highest BCUT2D eigenvalue weighted by molar-refractivity contribution is 6.68. The predicted molar refractivity (Wildman–Crippen MR) is 67.3 cm³/mol. The Morgan fingerprint density at radius 1 is 1.44 bits per heavy atom. The molecule has 2 saturated heterocycles. The minimum absolute atomic E-state index is 0.0398. The molecule has 0 unspecified atom stereocenters. The second-order valence-electron chi connectivity index (χ2n) is 4.96. The van der Waals surface area contributed by atoms with Crippen molar-refractivity contribution >= 4 is 34.8 Å². The van der Waals surface area contributed by atoms with Crippen LogP contribution in [0.4, 0.5) is 0 Å². The zero-order valence-electron chi connectivity index (χ0n) is 9.55. The number of rotatable bonds is 2. The van der Waals surface area contributed by atoms with Gasteiger partial charge in [-0.25, -0.2) is 0 Å². The van der Waals surface area contributed by atoms with Crippen LogP contribution in [-0.4, -0.2) is 59.2 Å². The summed E-state index contributed by atoms with van der Waals surface area (Å²) in [7, 11) is 4.13. The molecule has 16 heavy (non-hydrogen) atoms. The largest absolute Gasteiger partial charge is 0.357 e. The number of nitrogens with zero attached hydrogens (tertiary/aromatic N) is 2. The Balaban J connectivity index is 2.16. The molecule has 2 rings (SSSR count). The number of halogens is 3. The molecule has 2 aliphatic rings. The van der Waals surface area contributed by atoms with Crippen LogP contribution in [0.1, 0.15) is 12.8 Å². The van der Waals surface area contributed by atoms with Gasteiger partial charge in [0.15, 0.2) is 6.23 Å². The maximum Gasteiger partial charge on any atom is 0.229 e. The third-order valence-electron chi connectivity index (χ3n) is 3.33. The van der Waals surface area contributed by atoms with Crippen LogP contribution in [0.5, 0.6) is 0 Å². The number of hydrogen-bond acceptors (Lipinski definition) is 3. The van der Waals surface area contributed by atoms with E-state index >= 15 is 0 Å². The van der Waals surface area contributed by atoms with Gasteiger partial charge in [-0.2, -0.15) is 0 Å². The topological polar surface area (TPSA) is 15.7 Å². The fraction of sp³-hybridized carbons (Fsp3) is 1.00. The molecule has 3 nitrogen and oxygen atoms in total. The van der Waals surface area contributed by atoms with Gasteiger partial charge in [0.1, 0.15) is 0 Å². The van der Waals surface area contributed by atoms with Gasteiger partial charge >= 0.3 is 0 Å². The van der Waals surface area contributed by atoms with Crippen LogP contribution in [0, 0.1) is 0 Å². The highest BCUT2D eigenvalue weighted by atomic mass is 35.6. The van der Waals surface area contributed by atoms with Crippen LogP contribution in [-0.2, 0) is 4.74 Å². The van der Waals surface area contributed by atoms with Gasteiger partial charge in [0.05, 0.1) is 12.1 Å². The standard InChI is InChI=1S/C10H17Cl3N2O/c1-14(2)6-9-4-3-5-15(9)8(16-7-9)10(11,12)13/h8H,3-7H2,1-2H3/t8-,9-/m1/s1. The number of hydrogen-bond donors (Lipinski definition) is 0. The average Bonchev–Trinajstić information content (AvgIpc) is 2.56. The normalized spacial score (nSPS) is 36.0. The van der Waals surface area contributed by atoms with Crippen LogP contribution in [0.15, 0.2) is 0 Å². The highest BCUT2D eigenvalue weighted by Gasteiger charge is 2.56. The summed E-state index contributed by atoms with van der Waals surface area (Å²) in [6.07, 6.45) is 1.86. The van der Waals surface area contributed by atoms with E-state index in [1.807, 2.05) is 0 Å². The predicted octanol–water partition coefficient (Wildman–Crippen LogP) is 2.11. The number of fused-ring (bicyclic) bond motifs is 1. The number of alkyl halides is 3. The molecule has 0 bridgehead atoms. The lowest BCUT2D eigenvalue weighted by molar-refractivity contribution is 0.0348. The summed E-state index contributed by atoms with van der Waals surface area (Å²) in [6.45, 7) is 2.56. The van der Waals surface area contributed by atoms with Crippen molar-refractivity contribution < 1.29 is 4.74 Å². The molecule has 2 fully saturated rings. The first kappa shape index (κ1) is 13.2. The van der Waals surface area contributed by atoms with Crippen LogP contribution in [0.25, 0.3) is 0 Å². The second kappa shape index (κ2) is 4.45. The third kappa shape index (κ3) is 2.31. The average molecular weight is 288 g/mol. The van der Waals surface area contributed by atoms with Crippen molar-refractivity contribution in [2.75, 3.05) is 33.8 Å². The summed E-state index contributed by atoms with van der Waals surface area (Å²) in [6, 6.07) is 0. The molecule has 0 aliphatic carbocycles. The lowest BCUT2D eigenvalue weighted by Gasteiger charge is -2.36. The van der Waals surface area contributed by atoms with Crippen molar-refractivity contribution in [3.05, 3.63) is 0 Å². The molecule has 2 aliphatic heterocycles. The van der Waals surface area contributed by atoms with Crippen molar-refractivity contribution in [1.82, 2.24) is 9.80 Å². The molecule has 0 spiro atoms. The molecule has 0 aromatic carbocycles. The van der Waals surface area contributed by atoms with E-state index < -0.39 is 10.0 Å². The Kier molecular flexibility index (Phi) is 3.67.